The lowest BCUT2D eigenvalue weighted by Crippen LogP contribution is -1.97. The Kier molecular flexibility index (Phi) is 1.84. The van der Waals surface area contributed by atoms with Crippen LogP contribution in [0.25, 0.3) is 11.1 Å². The van der Waals surface area contributed by atoms with Gasteiger partial charge in [0, 0.05) is 11.8 Å². The summed E-state index contributed by atoms with van der Waals surface area (Å²) in [6.45, 7) is 5.24. The number of aromatic nitrogens is 2. The van der Waals surface area contributed by atoms with E-state index in [1.165, 1.54) is 13.1 Å². The molecule has 4 nitrogen and oxygen atoms in total. The molecule has 0 saturated carbocycles. The number of pyridine rings is 1. The summed E-state index contributed by atoms with van der Waals surface area (Å²) in [5, 5.41) is 4.65. The monoisotopic (exact) mass is 190 g/mol. The zero-order chi connectivity index (χ0) is 10.3. The summed E-state index contributed by atoms with van der Waals surface area (Å²) < 4.78 is 4.99. The predicted molar refractivity (Wildman–Crippen MR) is 51.3 cm³/mol. The largest absolute Gasteiger partial charge is 0.336 e. The van der Waals surface area contributed by atoms with E-state index < -0.39 is 0 Å². The minimum Gasteiger partial charge on any atom is -0.336 e. The van der Waals surface area contributed by atoms with Crippen LogP contribution >= 0.6 is 0 Å². The number of rotatable bonds is 1. The zero-order valence-electron chi connectivity index (χ0n) is 8.29. The van der Waals surface area contributed by atoms with Crippen LogP contribution in [-0.2, 0) is 0 Å². The first kappa shape index (κ1) is 8.87. The molecule has 0 atom stereocenters. The van der Waals surface area contributed by atoms with Gasteiger partial charge in [0.15, 0.2) is 5.78 Å². The second-order valence-electron chi connectivity index (χ2n) is 3.30. The van der Waals surface area contributed by atoms with Crippen LogP contribution in [0.3, 0.4) is 0 Å². The number of hydrogen-bond acceptors (Lipinski definition) is 4. The first-order valence-corrected chi connectivity index (χ1v) is 4.33. The van der Waals surface area contributed by atoms with Crippen molar-refractivity contribution in [3.05, 3.63) is 23.0 Å². The van der Waals surface area contributed by atoms with Crippen molar-refractivity contribution in [2.24, 2.45) is 0 Å². The summed E-state index contributed by atoms with van der Waals surface area (Å²) in [6.07, 6.45) is 1.53. The van der Waals surface area contributed by atoms with Crippen molar-refractivity contribution in [2.45, 2.75) is 20.8 Å². The summed E-state index contributed by atoms with van der Waals surface area (Å²) >= 11 is 0. The van der Waals surface area contributed by atoms with Crippen LogP contribution in [0.2, 0.25) is 0 Å². The Labute approximate surface area is 80.9 Å². The Bertz CT molecular complexity index is 514. The molecule has 0 aliphatic heterocycles. The molecule has 0 spiro atoms. The standard InChI is InChI=1S/C10H10N2O2/c1-5-8(7(3)13)4-11-10-9(5)6(2)12-14-10/h4H,1-3H3. The van der Waals surface area contributed by atoms with E-state index >= 15 is 0 Å². The summed E-state index contributed by atoms with van der Waals surface area (Å²) in [6, 6.07) is 0. The Balaban J connectivity index is 2.86. The zero-order valence-corrected chi connectivity index (χ0v) is 8.29. The lowest BCUT2D eigenvalue weighted by Gasteiger charge is -2.00. The van der Waals surface area contributed by atoms with E-state index in [9.17, 15) is 4.79 Å². The van der Waals surface area contributed by atoms with Gasteiger partial charge in [0.25, 0.3) is 5.71 Å². The van der Waals surface area contributed by atoms with Gasteiger partial charge in [-0.2, -0.15) is 0 Å². The van der Waals surface area contributed by atoms with E-state index in [2.05, 4.69) is 10.1 Å². The fraction of sp³-hybridized carbons (Fsp3) is 0.300. The number of nitrogens with zero attached hydrogens (tertiary/aromatic N) is 2. The molecule has 72 valence electrons. The molecule has 4 heteroatoms. The van der Waals surface area contributed by atoms with Gasteiger partial charge in [0.2, 0.25) is 0 Å². The Morgan fingerprint density at radius 2 is 2.14 bits per heavy atom. The van der Waals surface area contributed by atoms with E-state index in [0.29, 0.717) is 11.3 Å². The lowest BCUT2D eigenvalue weighted by molar-refractivity contribution is 0.101. The molecule has 0 fully saturated rings. The molecule has 0 unspecified atom stereocenters. The molecule has 0 amide bonds. The molecular formula is C10H10N2O2. The van der Waals surface area contributed by atoms with Crippen molar-refractivity contribution in [2.75, 3.05) is 0 Å². The van der Waals surface area contributed by atoms with E-state index in [1.807, 2.05) is 13.8 Å². The molecule has 0 N–H and O–H groups in total. The first-order valence-electron chi connectivity index (χ1n) is 4.33. The van der Waals surface area contributed by atoms with Gasteiger partial charge in [0.05, 0.1) is 11.1 Å². The molecule has 14 heavy (non-hydrogen) atoms. The van der Waals surface area contributed by atoms with Crippen molar-refractivity contribution >= 4 is 16.9 Å². The molecule has 2 heterocycles. The van der Waals surface area contributed by atoms with Crippen molar-refractivity contribution in [3.63, 3.8) is 0 Å². The van der Waals surface area contributed by atoms with E-state index in [1.54, 1.807) is 0 Å². The average Bonchev–Trinajstić information content (AvgIpc) is 2.48. The summed E-state index contributed by atoms with van der Waals surface area (Å²) in [5.74, 6) is 0.0116. The minimum atomic E-state index is 0.0116. The maximum Gasteiger partial charge on any atom is 0.258 e. The van der Waals surface area contributed by atoms with Crippen molar-refractivity contribution in [1.29, 1.82) is 0 Å². The van der Waals surface area contributed by atoms with Gasteiger partial charge in [-0.1, -0.05) is 5.16 Å². The normalized spacial score (nSPS) is 10.8. The van der Waals surface area contributed by atoms with Crippen LogP contribution in [0.15, 0.2) is 10.7 Å². The summed E-state index contributed by atoms with van der Waals surface area (Å²) in [5.41, 5.74) is 2.78. The van der Waals surface area contributed by atoms with Crippen LogP contribution in [0.1, 0.15) is 28.5 Å². The van der Waals surface area contributed by atoms with Crippen LogP contribution in [0.4, 0.5) is 0 Å². The number of carbonyl (C=O) groups is 1. The Morgan fingerprint density at radius 1 is 1.43 bits per heavy atom. The van der Waals surface area contributed by atoms with Crippen molar-refractivity contribution in [1.82, 2.24) is 10.1 Å². The summed E-state index contributed by atoms with van der Waals surface area (Å²) in [4.78, 5) is 15.3. The number of carbonyl (C=O) groups excluding carboxylic acids is 1. The molecule has 2 aromatic heterocycles. The molecule has 0 aliphatic carbocycles. The third-order valence-corrected chi connectivity index (χ3v) is 2.31. The number of aryl methyl sites for hydroxylation is 2. The molecule has 2 aromatic rings. The third-order valence-electron chi connectivity index (χ3n) is 2.31. The molecule has 0 saturated heterocycles. The van der Waals surface area contributed by atoms with Crippen molar-refractivity contribution in [3.8, 4) is 0 Å². The van der Waals surface area contributed by atoms with Gasteiger partial charge < -0.3 is 4.52 Å². The lowest BCUT2D eigenvalue weighted by atomic mass is 10.0. The highest BCUT2D eigenvalue weighted by atomic mass is 16.5. The highest BCUT2D eigenvalue weighted by Crippen LogP contribution is 2.22. The Hall–Kier alpha value is -1.71. The maximum absolute atomic E-state index is 11.3. The van der Waals surface area contributed by atoms with Crippen LogP contribution in [0.5, 0.6) is 0 Å². The van der Waals surface area contributed by atoms with Gasteiger partial charge in [-0.15, -0.1) is 0 Å². The highest BCUT2D eigenvalue weighted by molar-refractivity contribution is 5.99. The van der Waals surface area contributed by atoms with E-state index in [0.717, 1.165) is 16.6 Å². The maximum atomic E-state index is 11.3. The topological polar surface area (TPSA) is 56.0 Å². The van der Waals surface area contributed by atoms with E-state index in [-0.39, 0.29) is 5.78 Å². The molecule has 0 bridgehead atoms. The fourth-order valence-corrected chi connectivity index (χ4v) is 1.59. The number of Topliss-reactive ketones (excluding diaryl/α,β-unsaturated/α-hetero) is 1. The molecule has 0 aliphatic rings. The number of ketones is 1. The molecule has 2 rings (SSSR count). The number of hydrogen-bond donors (Lipinski definition) is 0. The second kappa shape index (κ2) is 2.90. The van der Waals surface area contributed by atoms with E-state index in [4.69, 9.17) is 4.52 Å². The molecule has 0 aromatic carbocycles. The predicted octanol–water partition coefficient (Wildman–Crippen LogP) is 2.04. The average molecular weight is 190 g/mol. The minimum absolute atomic E-state index is 0.0116. The van der Waals surface area contributed by atoms with Gasteiger partial charge in [0.1, 0.15) is 0 Å². The SMILES string of the molecule is CC(=O)c1cnc2onc(C)c2c1C. The second-order valence-corrected chi connectivity index (χ2v) is 3.30. The van der Waals surface area contributed by atoms with Gasteiger partial charge in [-0.05, 0) is 26.3 Å². The summed E-state index contributed by atoms with van der Waals surface area (Å²) in [7, 11) is 0. The van der Waals surface area contributed by atoms with Crippen LogP contribution in [0, 0.1) is 13.8 Å². The van der Waals surface area contributed by atoms with Crippen LogP contribution < -0.4 is 0 Å². The molecular weight excluding hydrogens is 180 g/mol. The fourth-order valence-electron chi connectivity index (χ4n) is 1.59. The number of fused-ring (bicyclic) bond motifs is 1. The highest BCUT2D eigenvalue weighted by Gasteiger charge is 2.13. The smallest absolute Gasteiger partial charge is 0.258 e. The Morgan fingerprint density at radius 3 is 2.79 bits per heavy atom. The van der Waals surface area contributed by atoms with Crippen molar-refractivity contribution < 1.29 is 9.32 Å². The molecule has 0 radical (unpaired) electrons. The van der Waals surface area contributed by atoms with Gasteiger partial charge in [-0.3, -0.25) is 4.79 Å². The van der Waals surface area contributed by atoms with Crippen LogP contribution in [-0.4, -0.2) is 15.9 Å². The first-order chi connectivity index (χ1) is 6.61. The van der Waals surface area contributed by atoms with Gasteiger partial charge in [-0.25, -0.2) is 4.98 Å². The van der Waals surface area contributed by atoms with Gasteiger partial charge >= 0.3 is 0 Å². The quantitative estimate of drug-likeness (QED) is 0.645. The third kappa shape index (κ3) is 1.11.